The number of thiophene rings is 1. The minimum absolute atomic E-state index is 0.333. The number of hydrogen-bond donors (Lipinski definition) is 3. The second-order valence-corrected chi connectivity index (χ2v) is 7.66. The normalized spacial score (nSPS) is 18.3. The maximum Gasteiger partial charge on any atom is 0.254 e. The number of fused-ring (bicyclic) bond motifs is 1. The van der Waals surface area contributed by atoms with Crippen LogP contribution in [0.15, 0.2) is 12.3 Å². The topological polar surface area (TPSA) is 85.0 Å². The van der Waals surface area contributed by atoms with Crippen molar-refractivity contribution in [1.82, 2.24) is 15.1 Å². The monoisotopic (exact) mass is 333 g/mol. The van der Waals surface area contributed by atoms with Gasteiger partial charge in [-0.15, -0.1) is 11.3 Å². The molecule has 7 heteroatoms. The highest BCUT2D eigenvalue weighted by Crippen LogP contribution is 2.27. The van der Waals surface area contributed by atoms with Crippen molar-refractivity contribution in [2.24, 2.45) is 11.7 Å². The Labute approximate surface area is 140 Å². The summed E-state index contributed by atoms with van der Waals surface area (Å²) in [6.07, 6.45) is 1.54. The second kappa shape index (κ2) is 6.33. The molecular formula is C16H23N5OS. The number of anilines is 1. The quantitative estimate of drug-likeness (QED) is 0.782. The van der Waals surface area contributed by atoms with Crippen molar-refractivity contribution in [1.29, 1.82) is 0 Å². The number of hydrogen-bond acceptors (Lipinski definition) is 5. The fourth-order valence-corrected chi connectivity index (χ4v) is 4.13. The van der Waals surface area contributed by atoms with Crippen LogP contribution in [0.1, 0.15) is 38.6 Å². The molecule has 1 aliphatic heterocycles. The van der Waals surface area contributed by atoms with E-state index in [9.17, 15) is 4.79 Å². The molecule has 124 valence electrons. The second-order valence-electron chi connectivity index (χ2n) is 6.20. The third kappa shape index (κ3) is 3.25. The van der Waals surface area contributed by atoms with Crippen LogP contribution in [0, 0.1) is 19.8 Å². The zero-order chi connectivity index (χ0) is 16.6. The van der Waals surface area contributed by atoms with E-state index in [0.29, 0.717) is 17.5 Å². The van der Waals surface area contributed by atoms with Gasteiger partial charge in [-0.2, -0.15) is 5.10 Å². The van der Waals surface area contributed by atoms with Gasteiger partial charge >= 0.3 is 0 Å². The number of nitrogens with two attached hydrogens (primary N) is 1. The van der Waals surface area contributed by atoms with E-state index in [4.69, 9.17) is 5.73 Å². The lowest BCUT2D eigenvalue weighted by Gasteiger charge is -2.27. The highest BCUT2D eigenvalue weighted by atomic mass is 32.1. The summed E-state index contributed by atoms with van der Waals surface area (Å²) in [5.74, 6) is 0.726. The molecule has 0 radical (unpaired) electrons. The van der Waals surface area contributed by atoms with Crippen LogP contribution < -0.4 is 16.4 Å². The maximum absolute atomic E-state index is 11.3. The summed E-state index contributed by atoms with van der Waals surface area (Å²) in [6.45, 7) is 9.02. The van der Waals surface area contributed by atoms with Crippen molar-refractivity contribution < 1.29 is 4.79 Å². The van der Waals surface area contributed by atoms with Crippen LogP contribution >= 0.6 is 11.3 Å². The average Bonchev–Trinajstić information content (AvgIpc) is 3.07. The van der Waals surface area contributed by atoms with E-state index in [0.717, 1.165) is 25.5 Å². The molecule has 0 unspecified atom stereocenters. The maximum atomic E-state index is 11.3. The lowest BCUT2D eigenvalue weighted by atomic mass is 10.1. The first-order valence-electron chi connectivity index (χ1n) is 7.85. The fraction of sp³-hybridized carbons (Fsp3) is 0.500. The van der Waals surface area contributed by atoms with Crippen LogP contribution in [-0.4, -0.2) is 28.8 Å². The number of rotatable bonds is 5. The van der Waals surface area contributed by atoms with Gasteiger partial charge in [0.05, 0.1) is 6.20 Å². The average molecular weight is 333 g/mol. The lowest BCUT2D eigenvalue weighted by molar-refractivity contribution is 0.100. The van der Waals surface area contributed by atoms with E-state index in [2.05, 4.69) is 42.6 Å². The van der Waals surface area contributed by atoms with Crippen molar-refractivity contribution in [3.63, 3.8) is 0 Å². The van der Waals surface area contributed by atoms with Crippen LogP contribution in [-0.2, 0) is 6.54 Å². The summed E-state index contributed by atoms with van der Waals surface area (Å²) in [5, 5.41) is 11.2. The molecule has 23 heavy (non-hydrogen) atoms. The molecule has 1 aliphatic rings. The van der Waals surface area contributed by atoms with Crippen LogP contribution in [0.2, 0.25) is 0 Å². The molecule has 0 saturated heterocycles. The minimum atomic E-state index is -0.438. The Hall–Kier alpha value is -1.86. The number of amides is 1. The van der Waals surface area contributed by atoms with Crippen molar-refractivity contribution >= 4 is 23.1 Å². The van der Waals surface area contributed by atoms with E-state index in [1.54, 1.807) is 6.20 Å². The van der Waals surface area contributed by atoms with E-state index < -0.39 is 5.91 Å². The van der Waals surface area contributed by atoms with Crippen LogP contribution in [0.3, 0.4) is 0 Å². The molecule has 3 heterocycles. The number of nitrogens with zero attached hydrogens (tertiary/aromatic N) is 2. The predicted molar refractivity (Wildman–Crippen MR) is 92.9 cm³/mol. The van der Waals surface area contributed by atoms with E-state index in [1.807, 2.05) is 16.0 Å². The molecular weight excluding hydrogens is 310 g/mol. The Morgan fingerprint density at radius 1 is 1.61 bits per heavy atom. The number of primary amides is 1. The first-order valence-corrected chi connectivity index (χ1v) is 8.67. The molecule has 0 saturated carbocycles. The van der Waals surface area contributed by atoms with Gasteiger partial charge in [0.2, 0.25) is 0 Å². The van der Waals surface area contributed by atoms with Gasteiger partial charge in [-0.05, 0) is 32.4 Å². The number of carbonyl (C=O) groups excluding carboxylic acids is 1. The Kier molecular flexibility index (Phi) is 4.41. The highest BCUT2D eigenvalue weighted by molar-refractivity contribution is 7.12. The van der Waals surface area contributed by atoms with E-state index in [1.165, 1.54) is 15.3 Å². The largest absolute Gasteiger partial charge is 0.369 e. The molecule has 2 aromatic rings. The fourth-order valence-electron chi connectivity index (χ4n) is 3.11. The molecule has 2 atom stereocenters. The van der Waals surface area contributed by atoms with Crippen molar-refractivity contribution in [3.8, 4) is 0 Å². The molecule has 0 bridgehead atoms. The summed E-state index contributed by atoms with van der Waals surface area (Å²) in [4.78, 5) is 14.1. The Balaban J connectivity index is 1.60. The van der Waals surface area contributed by atoms with Gasteiger partial charge in [0.15, 0.2) is 0 Å². The smallest absolute Gasteiger partial charge is 0.254 e. The summed E-state index contributed by atoms with van der Waals surface area (Å²) in [5.41, 5.74) is 7.20. The molecule has 3 rings (SSSR count). The third-order valence-corrected chi connectivity index (χ3v) is 5.33. The molecule has 4 N–H and O–H groups in total. The molecule has 6 nitrogen and oxygen atoms in total. The van der Waals surface area contributed by atoms with Crippen molar-refractivity contribution in [3.05, 3.63) is 33.1 Å². The molecule has 0 spiro atoms. The van der Waals surface area contributed by atoms with Gasteiger partial charge in [-0.1, -0.05) is 0 Å². The molecule has 0 aliphatic carbocycles. The molecule has 0 fully saturated rings. The first kappa shape index (κ1) is 16.0. The Bertz CT molecular complexity index is 720. The lowest BCUT2D eigenvalue weighted by Crippen LogP contribution is -2.36. The summed E-state index contributed by atoms with van der Waals surface area (Å²) in [7, 11) is 0. The van der Waals surface area contributed by atoms with Gasteiger partial charge in [0, 0.05) is 41.3 Å². The van der Waals surface area contributed by atoms with Gasteiger partial charge < -0.3 is 16.4 Å². The zero-order valence-corrected chi connectivity index (χ0v) is 14.5. The standard InChI is InChI=1S/C16H23N5OS/c1-9-4-13(11(3)23-9)10(2)18-5-12-6-19-16-14(15(17)22)7-20-21(16)8-12/h4,7,10,12,18-19H,5-6,8H2,1-3H3,(H2,17,22)/t10-,12-/m0/s1. The summed E-state index contributed by atoms with van der Waals surface area (Å²) in [6, 6.07) is 2.60. The summed E-state index contributed by atoms with van der Waals surface area (Å²) >= 11 is 1.84. The SMILES string of the molecule is Cc1cc([C@H](C)NC[C@H]2CNc3c(C(N)=O)cnn3C2)c(C)s1. The van der Waals surface area contributed by atoms with E-state index in [-0.39, 0.29) is 0 Å². The van der Waals surface area contributed by atoms with Gasteiger partial charge in [0.1, 0.15) is 11.4 Å². The number of carbonyl (C=O) groups is 1. The highest BCUT2D eigenvalue weighted by Gasteiger charge is 2.24. The van der Waals surface area contributed by atoms with Gasteiger partial charge in [-0.25, -0.2) is 4.68 Å². The number of nitrogens with one attached hydrogen (secondary N) is 2. The Morgan fingerprint density at radius 3 is 3.04 bits per heavy atom. The summed E-state index contributed by atoms with van der Waals surface area (Å²) < 4.78 is 1.83. The van der Waals surface area contributed by atoms with Gasteiger partial charge in [0.25, 0.3) is 5.91 Å². The molecule has 1 amide bonds. The number of aryl methyl sites for hydroxylation is 2. The first-order chi connectivity index (χ1) is 11.0. The zero-order valence-electron chi connectivity index (χ0n) is 13.7. The van der Waals surface area contributed by atoms with Crippen LogP contribution in [0.5, 0.6) is 0 Å². The van der Waals surface area contributed by atoms with Crippen LogP contribution in [0.25, 0.3) is 0 Å². The van der Waals surface area contributed by atoms with Crippen molar-refractivity contribution in [2.75, 3.05) is 18.4 Å². The third-order valence-electron chi connectivity index (χ3n) is 4.35. The molecule has 2 aromatic heterocycles. The van der Waals surface area contributed by atoms with Crippen molar-refractivity contribution in [2.45, 2.75) is 33.4 Å². The van der Waals surface area contributed by atoms with Crippen LogP contribution in [0.4, 0.5) is 5.82 Å². The minimum Gasteiger partial charge on any atom is -0.369 e. The van der Waals surface area contributed by atoms with E-state index >= 15 is 0 Å². The van der Waals surface area contributed by atoms with Gasteiger partial charge in [-0.3, -0.25) is 4.79 Å². The number of aromatic nitrogens is 2. The predicted octanol–water partition coefficient (Wildman–Crippen LogP) is 2.05. The molecule has 0 aromatic carbocycles. The Morgan fingerprint density at radius 2 is 2.39 bits per heavy atom.